The van der Waals surface area contributed by atoms with Crippen molar-refractivity contribution in [2.45, 2.75) is 52.1 Å². The van der Waals surface area contributed by atoms with Crippen molar-refractivity contribution < 1.29 is 4.79 Å². The first-order valence-corrected chi connectivity index (χ1v) is 6.38. The van der Waals surface area contributed by atoms with Crippen LogP contribution in [-0.2, 0) is 4.79 Å². The van der Waals surface area contributed by atoms with Crippen LogP contribution < -0.4 is 11.1 Å². The Morgan fingerprint density at radius 2 is 2.06 bits per heavy atom. The average molecular weight is 259 g/mol. The molecule has 3 N–H and O–H groups in total. The van der Waals surface area contributed by atoms with Gasteiger partial charge in [0.1, 0.15) is 0 Å². The Morgan fingerprint density at radius 3 is 2.47 bits per heavy atom. The SMILES string of the molecule is CCC(C)(C)NC(=O)CN(C)C(C)CC(N)=S. The summed E-state index contributed by atoms with van der Waals surface area (Å²) in [7, 11) is 1.90. The number of rotatable bonds is 7. The summed E-state index contributed by atoms with van der Waals surface area (Å²) in [6, 6.07) is 0.183. The number of nitrogens with two attached hydrogens (primary N) is 1. The molecule has 0 spiro atoms. The van der Waals surface area contributed by atoms with Crippen molar-refractivity contribution in [1.82, 2.24) is 10.2 Å². The van der Waals surface area contributed by atoms with Gasteiger partial charge in [-0.3, -0.25) is 9.69 Å². The van der Waals surface area contributed by atoms with Crippen molar-refractivity contribution in [1.29, 1.82) is 0 Å². The topological polar surface area (TPSA) is 58.4 Å². The van der Waals surface area contributed by atoms with Gasteiger partial charge in [-0.2, -0.15) is 0 Å². The van der Waals surface area contributed by atoms with Crippen LogP contribution in [0.25, 0.3) is 0 Å². The lowest BCUT2D eigenvalue weighted by Gasteiger charge is -2.28. The second kappa shape index (κ2) is 6.91. The highest BCUT2D eigenvalue weighted by Crippen LogP contribution is 2.07. The molecule has 0 bridgehead atoms. The van der Waals surface area contributed by atoms with Crippen LogP contribution in [0.1, 0.15) is 40.5 Å². The second-order valence-electron chi connectivity index (χ2n) is 5.22. The molecule has 0 saturated carbocycles. The van der Waals surface area contributed by atoms with E-state index in [1.807, 2.05) is 32.7 Å². The molecule has 0 saturated heterocycles. The molecule has 17 heavy (non-hydrogen) atoms. The van der Waals surface area contributed by atoms with E-state index in [4.69, 9.17) is 18.0 Å². The monoisotopic (exact) mass is 259 g/mol. The van der Waals surface area contributed by atoms with Crippen molar-refractivity contribution in [3.8, 4) is 0 Å². The van der Waals surface area contributed by atoms with Gasteiger partial charge in [0.15, 0.2) is 0 Å². The highest BCUT2D eigenvalue weighted by atomic mass is 32.1. The van der Waals surface area contributed by atoms with Gasteiger partial charge < -0.3 is 11.1 Å². The normalized spacial score (nSPS) is 13.5. The van der Waals surface area contributed by atoms with E-state index in [0.29, 0.717) is 18.0 Å². The van der Waals surface area contributed by atoms with Gasteiger partial charge in [0.05, 0.1) is 11.5 Å². The van der Waals surface area contributed by atoms with Crippen LogP contribution in [0.4, 0.5) is 0 Å². The molecule has 0 rings (SSSR count). The summed E-state index contributed by atoms with van der Waals surface area (Å²) >= 11 is 4.86. The maximum atomic E-state index is 11.8. The number of thiocarbonyl (C=S) groups is 1. The summed E-state index contributed by atoms with van der Waals surface area (Å²) in [5, 5.41) is 3.00. The molecule has 0 aliphatic rings. The standard InChI is InChI=1S/C12H25N3OS/c1-6-12(3,4)14-11(16)8-15(5)9(2)7-10(13)17/h9H,6-8H2,1-5H3,(H2,13,17)(H,14,16). The van der Waals surface area contributed by atoms with Crippen molar-refractivity contribution in [2.24, 2.45) is 5.73 Å². The first-order chi connectivity index (χ1) is 7.68. The summed E-state index contributed by atoms with van der Waals surface area (Å²) < 4.78 is 0. The number of carbonyl (C=O) groups excluding carboxylic acids is 1. The van der Waals surface area contributed by atoms with Gasteiger partial charge in [-0.25, -0.2) is 0 Å². The molecule has 4 nitrogen and oxygen atoms in total. The zero-order chi connectivity index (χ0) is 13.6. The van der Waals surface area contributed by atoms with Gasteiger partial charge in [0.25, 0.3) is 0 Å². The Kier molecular flexibility index (Phi) is 6.64. The van der Waals surface area contributed by atoms with E-state index >= 15 is 0 Å². The number of nitrogens with zero attached hydrogens (tertiary/aromatic N) is 1. The van der Waals surface area contributed by atoms with Crippen LogP contribution in [0.3, 0.4) is 0 Å². The smallest absolute Gasteiger partial charge is 0.234 e. The van der Waals surface area contributed by atoms with Crippen LogP contribution in [-0.4, -0.2) is 41.0 Å². The zero-order valence-corrected chi connectivity index (χ0v) is 12.4. The first-order valence-electron chi connectivity index (χ1n) is 5.97. The van der Waals surface area contributed by atoms with Gasteiger partial charge in [-0.1, -0.05) is 19.1 Å². The number of carbonyl (C=O) groups is 1. The van der Waals surface area contributed by atoms with Gasteiger partial charge in [0.2, 0.25) is 5.91 Å². The maximum absolute atomic E-state index is 11.8. The summed E-state index contributed by atoms with van der Waals surface area (Å²) in [5.74, 6) is 0.0362. The minimum absolute atomic E-state index is 0.0362. The average Bonchev–Trinajstić information content (AvgIpc) is 2.15. The summed E-state index contributed by atoms with van der Waals surface area (Å²) in [5.41, 5.74) is 5.34. The molecule has 0 radical (unpaired) electrons. The van der Waals surface area contributed by atoms with Crippen LogP contribution >= 0.6 is 12.2 Å². The number of hydrogen-bond acceptors (Lipinski definition) is 3. The highest BCUT2D eigenvalue weighted by molar-refractivity contribution is 7.80. The fourth-order valence-electron chi connectivity index (χ4n) is 1.33. The van der Waals surface area contributed by atoms with Crippen LogP contribution in [0.15, 0.2) is 0 Å². The van der Waals surface area contributed by atoms with Crippen molar-refractivity contribution in [2.75, 3.05) is 13.6 Å². The molecule has 0 aliphatic heterocycles. The molecule has 0 aliphatic carbocycles. The molecule has 0 aromatic rings. The van der Waals surface area contributed by atoms with E-state index in [1.54, 1.807) is 0 Å². The predicted octanol–water partition coefficient (Wildman–Crippen LogP) is 1.29. The number of amides is 1. The van der Waals surface area contributed by atoms with Gasteiger partial charge in [-0.15, -0.1) is 0 Å². The maximum Gasteiger partial charge on any atom is 0.234 e. The molecule has 1 amide bonds. The fraction of sp³-hybridized carbons (Fsp3) is 0.833. The van der Waals surface area contributed by atoms with Crippen molar-refractivity contribution >= 4 is 23.1 Å². The number of hydrogen-bond donors (Lipinski definition) is 2. The second-order valence-corrected chi connectivity index (χ2v) is 5.74. The zero-order valence-electron chi connectivity index (χ0n) is 11.5. The molecule has 5 heteroatoms. The minimum Gasteiger partial charge on any atom is -0.393 e. The molecule has 1 unspecified atom stereocenters. The lowest BCUT2D eigenvalue weighted by molar-refractivity contribution is -0.124. The summed E-state index contributed by atoms with van der Waals surface area (Å²) in [6.45, 7) is 8.47. The molecule has 1 atom stereocenters. The van der Waals surface area contributed by atoms with Gasteiger partial charge in [-0.05, 0) is 34.2 Å². The third-order valence-corrected chi connectivity index (χ3v) is 3.17. The van der Waals surface area contributed by atoms with E-state index < -0.39 is 0 Å². The Hall–Kier alpha value is -0.680. The predicted molar refractivity (Wildman–Crippen MR) is 76.0 cm³/mol. The van der Waals surface area contributed by atoms with E-state index in [0.717, 1.165) is 6.42 Å². The quantitative estimate of drug-likeness (QED) is 0.676. The molecule has 0 fully saturated rings. The van der Waals surface area contributed by atoms with E-state index in [-0.39, 0.29) is 17.5 Å². The van der Waals surface area contributed by atoms with E-state index in [9.17, 15) is 4.79 Å². The minimum atomic E-state index is -0.148. The highest BCUT2D eigenvalue weighted by Gasteiger charge is 2.20. The molecule has 0 aromatic carbocycles. The van der Waals surface area contributed by atoms with Crippen molar-refractivity contribution in [3.05, 3.63) is 0 Å². The molecule has 0 heterocycles. The van der Waals surface area contributed by atoms with Crippen LogP contribution in [0, 0.1) is 0 Å². The van der Waals surface area contributed by atoms with Crippen molar-refractivity contribution in [3.63, 3.8) is 0 Å². The Morgan fingerprint density at radius 1 is 1.53 bits per heavy atom. The number of nitrogens with one attached hydrogen (secondary N) is 1. The Bertz CT molecular complexity index is 279. The lowest BCUT2D eigenvalue weighted by Crippen LogP contribution is -2.48. The Balaban J connectivity index is 4.16. The van der Waals surface area contributed by atoms with Gasteiger partial charge in [0, 0.05) is 18.0 Å². The third-order valence-electron chi connectivity index (χ3n) is 3.00. The third kappa shape index (κ3) is 7.28. The largest absolute Gasteiger partial charge is 0.393 e. The van der Waals surface area contributed by atoms with Crippen LogP contribution in [0.2, 0.25) is 0 Å². The van der Waals surface area contributed by atoms with E-state index in [1.165, 1.54) is 0 Å². The Labute approximate surface area is 110 Å². The fourth-order valence-corrected chi connectivity index (χ4v) is 1.58. The molecule has 0 aromatic heterocycles. The molecule has 100 valence electrons. The van der Waals surface area contributed by atoms with E-state index in [2.05, 4.69) is 12.2 Å². The summed E-state index contributed by atoms with van der Waals surface area (Å²) in [4.78, 5) is 14.2. The summed E-state index contributed by atoms with van der Waals surface area (Å²) in [6.07, 6.45) is 1.54. The van der Waals surface area contributed by atoms with Gasteiger partial charge >= 0.3 is 0 Å². The first kappa shape index (κ1) is 16.3. The van der Waals surface area contributed by atoms with Crippen LogP contribution in [0.5, 0.6) is 0 Å². The molecular weight excluding hydrogens is 234 g/mol. The number of likely N-dealkylation sites (N-methyl/N-ethyl adjacent to an activating group) is 1. The lowest BCUT2D eigenvalue weighted by atomic mass is 10.0. The molecular formula is C12H25N3OS.